The highest BCUT2D eigenvalue weighted by molar-refractivity contribution is 5.95. The zero-order valence-corrected chi connectivity index (χ0v) is 24.1. The first kappa shape index (κ1) is 31.8. The summed E-state index contributed by atoms with van der Waals surface area (Å²) in [5, 5.41) is 10.7. The summed E-state index contributed by atoms with van der Waals surface area (Å²) in [5.41, 5.74) is 1.83. The molecule has 2 saturated heterocycles. The number of benzene rings is 2. The van der Waals surface area contributed by atoms with E-state index in [1.165, 1.54) is 0 Å². The Morgan fingerprint density at radius 1 is 0.767 bits per heavy atom. The number of nitrogens with zero attached hydrogens (tertiary/aromatic N) is 1. The lowest BCUT2D eigenvalue weighted by atomic mass is 10.0. The van der Waals surface area contributed by atoms with Crippen LogP contribution >= 0.6 is 0 Å². The Bertz CT molecular complexity index is 1230. The molecule has 4 amide bonds. The van der Waals surface area contributed by atoms with Gasteiger partial charge in [0.1, 0.15) is 18.2 Å². The second kappa shape index (κ2) is 16.5. The topological polar surface area (TPSA) is 158 Å². The van der Waals surface area contributed by atoms with E-state index in [1.807, 2.05) is 65.6 Å². The number of nitrogens with one attached hydrogen (secondary N) is 4. The fraction of sp³-hybridized carbons (Fsp3) is 0.452. The molecule has 2 aliphatic rings. The molecule has 0 unspecified atom stereocenters. The lowest BCUT2D eigenvalue weighted by molar-refractivity contribution is -0.132. The van der Waals surface area contributed by atoms with E-state index in [0.29, 0.717) is 45.8 Å². The van der Waals surface area contributed by atoms with E-state index in [1.54, 1.807) is 0 Å². The molecular weight excluding hydrogens is 554 g/mol. The number of amides is 4. The normalized spacial score (nSPS) is 17.6. The van der Waals surface area contributed by atoms with Gasteiger partial charge in [0.15, 0.2) is 5.78 Å². The van der Waals surface area contributed by atoms with E-state index in [2.05, 4.69) is 21.3 Å². The summed E-state index contributed by atoms with van der Waals surface area (Å²) in [7, 11) is 0. The Kier molecular flexibility index (Phi) is 12.2. The standard InChI is InChI=1S/C31H39N5O7/c37-26(27-21-43-27)18-32-31(41)25(17-23-9-5-2-6-10-23)35-28(38)19-33-30(40)24(12-11-22-7-3-1-4-8-22)34-29(39)20-36-13-15-42-16-14-36/h1-10,24-25,27H,11-21H2,(H,32,41)(H,33,40)(H,34,39)(H,35,38)/t24-,25-,27+/m0/s1. The highest BCUT2D eigenvalue weighted by Gasteiger charge is 2.32. The molecule has 12 nitrogen and oxygen atoms in total. The van der Waals surface area contributed by atoms with Crippen LogP contribution in [0.2, 0.25) is 0 Å². The van der Waals surface area contributed by atoms with Gasteiger partial charge in [0.05, 0.1) is 39.5 Å². The summed E-state index contributed by atoms with van der Waals surface area (Å²) in [6.07, 6.45) is 0.594. The molecule has 0 bridgehead atoms. The third-order valence-electron chi connectivity index (χ3n) is 7.17. The molecule has 0 aliphatic carbocycles. The molecular formula is C31H39N5O7. The third-order valence-corrected chi connectivity index (χ3v) is 7.17. The van der Waals surface area contributed by atoms with Crippen molar-refractivity contribution in [1.82, 2.24) is 26.2 Å². The van der Waals surface area contributed by atoms with Gasteiger partial charge in [-0.1, -0.05) is 60.7 Å². The number of hydrogen-bond acceptors (Lipinski definition) is 8. The minimum absolute atomic E-state index is 0.143. The number of ether oxygens (including phenoxy) is 2. The fourth-order valence-corrected chi connectivity index (χ4v) is 4.67. The van der Waals surface area contributed by atoms with Crippen LogP contribution in [0, 0.1) is 0 Å². The maximum Gasteiger partial charge on any atom is 0.243 e. The maximum atomic E-state index is 13.2. The Morgan fingerprint density at radius 2 is 1.35 bits per heavy atom. The van der Waals surface area contributed by atoms with Crippen molar-refractivity contribution >= 4 is 29.4 Å². The summed E-state index contributed by atoms with van der Waals surface area (Å²) in [4.78, 5) is 65.7. The highest BCUT2D eigenvalue weighted by atomic mass is 16.6. The third kappa shape index (κ3) is 11.2. The summed E-state index contributed by atoms with van der Waals surface area (Å²) in [5.74, 6) is -2.12. The number of morpholine rings is 1. The second-order valence-corrected chi connectivity index (χ2v) is 10.6. The quantitative estimate of drug-likeness (QED) is 0.187. The van der Waals surface area contributed by atoms with E-state index in [4.69, 9.17) is 9.47 Å². The number of rotatable bonds is 16. The van der Waals surface area contributed by atoms with Crippen LogP contribution in [0.25, 0.3) is 0 Å². The molecule has 0 spiro atoms. The van der Waals surface area contributed by atoms with E-state index in [-0.39, 0.29) is 31.2 Å². The molecule has 3 atom stereocenters. The molecule has 2 aromatic carbocycles. The first-order valence-corrected chi connectivity index (χ1v) is 14.5. The predicted octanol–water partition coefficient (Wildman–Crippen LogP) is -0.636. The molecule has 2 heterocycles. The van der Waals surface area contributed by atoms with Crippen molar-refractivity contribution in [2.45, 2.75) is 37.5 Å². The second-order valence-electron chi connectivity index (χ2n) is 10.6. The van der Waals surface area contributed by atoms with E-state index >= 15 is 0 Å². The monoisotopic (exact) mass is 593 g/mol. The molecule has 12 heteroatoms. The van der Waals surface area contributed by atoms with Crippen molar-refractivity contribution < 1.29 is 33.4 Å². The molecule has 2 aromatic rings. The van der Waals surface area contributed by atoms with Gasteiger partial charge < -0.3 is 30.7 Å². The van der Waals surface area contributed by atoms with E-state index in [9.17, 15) is 24.0 Å². The van der Waals surface area contributed by atoms with Crippen molar-refractivity contribution in [3.05, 3.63) is 71.8 Å². The Balaban J connectivity index is 1.32. The summed E-state index contributed by atoms with van der Waals surface area (Å²) >= 11 is 0. The van der Waals surface area contributed by atoms with Crippen LogP contribution in [-0.4, -0.2) is 105 Å². The number of ketones is 1. The largest absolute Gasteiger partial charge is 0.379 e. The molecule has 4 N–H and O–H groups in total. The molecule has 0 saturated carbocycles. The molecule has 2 aliphatic heterocycles. The average molecular weight is 594 g/mol. The van der Waals surface area contributed by atoms with Crippen molar-refractivity contribution in [3.63, 3.8) is 0 Å². The van der Waals surface area contributed by atoms with Gasteiger partial charge in [-0.2, -0.15) is 0 Å². The van der Waals surface area contributed by atoms with Crippen LogP contribution in [0.3, 0.4) is 0 Å². The number of carbonyl (C=O) groups excluding carboxylic acids is 5. The maximum absolute atomic E-state index is 13.2. The predicted molar refractivity (Wildman–Crippen MR) is 157 cm³/mol. The molecule has 0 radical (unpaired) electrons. The Hall–Kier alpha value is -4.13. The molecule has 43 heavy (non-hydrogen) atoms. The van der Waals surface area contributed by atoms with Gasteiger partial charge in [-0.15, -0.1) is 0 Å². The van der Waals surface area contributed by atoms with Crippen molar-refractivity contribution in [1.29, 1.82) is 0 Å². The van der Waals surface area contributed by atoms with Gasteiger partial charge in [0, 0.05) is 19.5 Å². The zero-order chi connectivity index (χ0) is 30.4. The number of carbonyl (C=O) groups is 5. The smallest absolute Gasteiger partial charge is 0.243 e. The highest BCUT2D eigenvalue weighted by Crippen LogP contribution is 2.10. The molecule has 230 valence electrons. The fourth-order valence-electron chi connectivity index (χ4n) is 4.67. The first-order valence-electron chi connectivity index (χ1n) is 14.5. The summed E-state index contributed by atoms with van der Waals surface area (Å²) < 4.78 is 10.3. The number of epoxide rings is 1. The van der Waals surface area contributed by atoms with Crippen LogP contribution in [0.15, 0.2) is 60.7 Å². The van der Waals surface area contributed by atoms with Gasteiger partial charge in [0.2, 0.25) is 23.6 Å². The number of Topliss-reactive ketones (excluding diaryl/α,β-unsaturated/α-hetero) is 1. The first-order chi connectivity index (χ1) is 20.9. The lowest BCUT2D eigenvalue weighted by Crippen LogP contribution is -2.54. The van der Waals surface area contributed by atoms with Gasteiger partial charge in [0.25, 0.3) is 0 Å². The van der Waals surface area contributed by atoms with Crippen LogP contribution in [0.5, 0.6) is 0 Å². The van der Waals surface area contributed by atoms with Gasteiger partial charge in [-0.25, -0.2) is 0 Å². The van der Waals surface area contributed by atoms with Crippen molar-refractivity contribution in [2.24, 2.45) is 0 Å². The van der Waals surface area contributed by atoms with E-state index < -0.39 is 42.5 Å². The van der Waals surface area contributed by atoms with Crippen molar-refractivity contribution in [2.75, 3.05) is 52.5 Å². The van der Waals surface area contributed by atoms with Crippen LogP contribution in [0.4, 0.5) is 0 Å². The molecule has 4 rings (SSSR count). The van der Waals surface area contributed by atoms with Crippen LogP contribution < -0.4 is 21.3 Å². The SMILES string of the molecule is O=C(CN1CCOCC1)N[C@@H](CCc1ccccc1)C(=O)NCC(=O)N[C@@H](Cc1ccccc1)C(=O)NCC(=O)[C@H]1CO1. The molecule has 2 fully saturated rings. The Labute approximate surface area is 250 Å². The van der Waals surface area contributed by atoms with Crippen LogP contribution in [0.1, 0.15) is 17.5 Å². The van der Waals surface area contributed by atoms with Gasteiger partial charge in [-0.05, 0) is 24.0 Å². The lowest BCUT2D eigenvalue weighted by Gasteiger charge is -2.27. The minimum atomic E-state index is -0.971. The number of aryl methyl sites for hydroxylation is 1. The van der Waals surface area contributed by atoms with E-state index in [0.717, 1.165) is 11.1 Å². The van der Waals surface area contributed by atoms with Gasteiger partial charge >= 0.3 is 0 Å². The summed E-state index contributed by atoms with van der Waals surface area (Å²) in [6, 6.07) is 16.9. The summed E-state index contributed by atoms with van der Waals surface area (Å²) in [6.45, 7) is 2.26. The zero-order valence-electron chi connectivity index (χ0n) is 24.1. The van der Waals surface area contributed by atoms with Crippen molar-refractivity contribution in [3.8, 4) is 0 Å². The minimum Gasteiger partial charge on any atom is -0.379 e. The average Bonchev–Trinajstić information content (AvgIpc) is 3.88. The molecule has 0 aromatic heterocycles. The van der Waals surface area contributed by atoms with Gasteiger partial charge in [-0.3, -0.25) is 28.9 Å². The van der Waals surface area contributed by atoms with Crippen LogP contribution in [-0.2, 0) is 46.3 Å². The Morgan fingerprint density at radius 3 is 2.00 bits per heavy atom. The number of hydrogen-bond donors (Lipinski definition) is 4.